The zero-order valence-corrected chi connectivity index (χ0v) is 11.4. The van der Waals surface area contributed by atoms with Gasteiger partial charge in [0.25, 0.3) is 5.91 Å². The van der Waals surface area contributed by atoms with E-state index in [4.69, 9.17) is 10.4 Å². The quantitative estimate of drug-likeness (QED) is 0.803. The minimum atomic E-state index is -1.08. The fraction of sp³-hybridized carbons (Fsp3) is 0.333. The SMILES string of the molecule is N#CCCN(C(=O)c1ncccc1/C=C/C(=O)O)C1CC1. The molecule has 108 valence electrons. The number of amides is 1. The van der Waals surface area contributed by atoms with Crippen molar-refractivity contribution in [1.82, 2.24) is 9.88 Å². The van der Waals surface area contributed by atoms with Crippen LogP contribution in [0.2, 0.25) is 0 Å². The third-order valence-corrected chi connectivity index (χ3v) is 3.16. The molecule has 0 radical (unpaired) electrons. The Morgan fingerprint density at radius 3 is 2.90 bits per heavy atom. The van der Waals surface area contributed by atoms with Gasteiger partial charge in [0, 0.05) is 30.4 Å². The molecule has 1 heterocycles. The van der Waals surface area contributed by atoms with Gasteiger partial charge in [-0.1, -0.05) is 6.07 Å². The average Bonchev–Trinajstić information content (AvgIpc) is 3.30. The van der Waals surface area contributed by atoms with Crippen LogP contribution in [-0.2, 0) is 4.79 Å². The highest BCUT2D eigenvalue weighted by molar-refractivity contribution is 5.97. The minimum Gasteiger partial charge on any atom is -0.478 e. The van der Waals surface area contributed by atoms with Crippen molar-refractivity contribution < 1.29 is 14.7 Å². The van der Waals surface area contributed by atoms with Gasteiger partial charge < -0.3 is 10.0 Å². The molecule has 1 fully saturated rings. The number of hydrogen-bond acceptors (Lipinski definition) is 4. The Bertz CT molecular complexity index is 615. The molecule has 0 aromatic carbocycles. The van der Waals surface area contributed by atoms with Crippen LogP contribution in [0.5, 0.6) is 0 Å². The molecule has 0 saturated heterocycles. The summed E-state index contributed by atoms with van der Waals surface area (Å²) in [5.74, 6) is -1.33. The van der Waals surface area contributed by atoms with Crippen LogP contribution in [0.1, 0.15) is 35.3 Å². The van der Waals surface area contributed by atoms with Crippen LogP contribution < -0.4 is 0 Å². The number of carboxylic acids is 1. The molecule has 1 aliphatic carbocycles. The Morgan fingerprint density at radius 2 is 2.29 bits per heavy atom. The average molecular weight is 285 g/mol. The Labute approximate surface area is 122 Å². The lowest BCUT2D eigenvalue weighted by Crippen LogP contribution is -2.34. The van der Waals surface area contributed by atoms with Crippen molar-refractivity contribution in [2.75, 3.05) is 6.54 Å². The summed E-state index contributed by atoms with van der Waals surface area (Å²) >= 11 is 0. The van der Waals surface area contributed by atoms with Crippen molar-refractivity contribution in [2.45, 2.75) is 25.3 Å². The first-order valence-electron chi connectivity index (χ1n) is 6.67. The Hall–Kier alpha value is -2.68. The van der Waals surface area contributed by atoms with Crippen LogP contribution in [0.25, 0.3) is 6.08 Å². The van der Waals surface area contributed by atoms with Gasteiger partial charge in [-0.05, 0) is 25.0 Å². The monoisotopic (exact) mass is 285 g/mol. The molecule has 0 spiro atoms. The summed E-state index contributed by atoms with van der Waals surface area (Å²) in [6, 6.07) is 5.50. The molecular weight excluding hydrogens is 270 g/mol. The summed E-state index contributed by atoms with van der Waals surface area (Å²) in [7, 11) is 0. The van der Waals surface area contributed by atoms with Gasteiger partial charge in [0.1, 0.15) is 5.69 Å². The maximum absolute atomic E-state index is 12.6. The highest BCUT2D eigenvalue weighted by atomic mass is 16.4. The molecule has 1 N–H and O–H groups in total. The van der Waals surface area contributed by atoms with E-state index in [2.05, 4.69) is 4.98 Å². The first-order valence-corrected chi connectivity index (χ1v) is 6.67. The fourth-order valence-electron chi connectivity index (χ4n) is 2.03. The number of aliphatic carboxylic acids is 1. The van der Waals surface area contributed by atoms with Crippen molar-refractivity contribution in [3.8, 4) is 6.07 Å². The van der Waals surface area contributed by atoms with Crippen LogP contribution in [0.3, 0.4) is 0 Å². The molecule has 21 heavy (non-hydrogen) atoms. The second-order valence-corrected chi connectivity index (χ2v) is 4.75. The molecule has 1 aromatic heterocycles. The topological polar surface area (TPSA) is 94.3 Å². The van der Waals surface area contributed by atoms with Crippen LogP contribution in [0, 0.1) is 11.3 Å². The summed E-state index contributed by atoms with van der Waals surface area (Å²) in [5.41, 5.74) is 0.687. The zero-order valence-electron chi connectivity index (χ0n) is 11.4. The standard InChI is InChI=1S/C15H15N3O3/c16-8-2-10-18(12-5-6-12)15(21)14-11(3-1-9-17-14)4-7-13(19)20/h1,3-4,7,9,12H,2,5-6,10H2,(H,19,20)/b7-4+. The third kappa shape index (κ3) is 3.89. The Morgan fingerprint density at radius 1 is 1.52 bits per heavy atom. The number of nitriles is 1. The van der Waals surface area contributed by atoms with Gasteiger partial charge in [-0.15, -0.1) is 0 Å². The summed E-state index contributed by atoms with van der Waals surface area (Å²) in [6.45, 7) is 0.374. The van der Waals surface area contributed by atoms with E-state index in [9.17, 15) is 9.59 Å². The number of pyridine rings is 1. The van der Waals surface area contributed by atoms with Gasteiger partial charge in [0.05, 0.1) is 12.5 Å². The third-order valence-electron chi connectivity index (χ3n) is 3.16. The molecule has 0 atom stereocenters. The maximum atomic E-state index is 12.6. The molecule has 6 heteroatoms. The molecule has 0 unspecified atom stereocenters. The lowest BCUT2D eigenvalue weighted by atomic mass is 10.1. The summed E-state index contributed by atoms with van der Waals surface area (Å²) in [6.07, 6.45) is 5.98. The van der Waals surface area contributed by atoms with Crippen LogP contribution >= 0.6 is 0 Å². The highest BCUT2D eigenvalue weighted by Crippen LogP contribution is 2.28. The zero-order chi connectivity index (χ0) is 15.2. The number of carbonyl (C=O) groups excluding carboxylic acids is 1. The van der Waals surface area contributed by atoms with E-state index in [0.717, 1.165) is 18.9 Å². The molecule has 1 amide bonds. The second kappa shape index (κ2) is 6.66. The van der Waals surface area contributed by atoms with Gasteiger partial charge in [-0.3, -0.25) is 9.78 Å². The van der Waals surface area contributed by atoms with E-state index in [1.54, 1.807) is 17.0 Å². The second-order valence-electron chi connectivity index (χ2n) is 4.75. The van der Waals surface area contributed by atoms with E-state index in [1.165, 1.54) is 12.3 Å². The molecule has 2 rings (SSSR count). The van der Waals surface area contributed by atoms with Crippen LogP contribution in [0.4, 0.5) is 0 Å². The van der Waals surface area contributed by atoms with Crippen LogP contribution in [-0.4, -0.2) is 39.5 Å². The minimum absolute atomic E-state index is 0.171. The Kier molecular flexibility index (Phi) is 4.67. The number of nitrogens with zero attached hydrogens (tertiary/aromatic N) is 3. The summed E-state index contributed by atoms with van der Waals surface area (Å²) in [5, 5.41) is 17.4. The first kappa shape index (κ1) is 14.7. The predicted octanol–water partition coefficient (Wildman–Crippen LogP) is 1.70. The molecular formula is C15H15N3O3. The number of carboxylic acid groups (broad SMARTS) is 1. The summed E-state index contributed by atoms with van der Waals surface area (Å²) in [4.78, 5) is 28.9. The van der Waals surface area contributed by atoms with Gasteiger partial charge in [-0.2, -0.15) is 5.26 Å². The van der Waals surface area contributed by atoms with Crippen molar-refractivity contribution in [1.29, 1.82) is 5.26 Å². The van der Waals surface area contributed by atoms with Gasteiger partial charge in [0.2, 0.25) is 0 Å². The normalized spacial score (nSPS) is 13.9. The Balaban J connectivity index is 2.25. The lowest BCUT2D eigenvalue weighted by Gasteiger charge is -2.21. The maximum Gasteiger partial charge on any atom is 0.328 e. The number of rotatable bonds is 6. The van der Waals surface area contributed by atoms with Gasteiger partial charge in [-0.25, -0.2) is 4.79 Å². The number of aromatic nitrogens is 1. The highest BCUT2D eigenvalue weighted by Gasteiger charge is 2.33. The van der Waals surface area contributed by atoms with E-state index < -0.39 is 5.97 Å². The van der Waals surface area contributed by atoms with E-state index in [-0.39, 0.29) is 24.1 Å². The summed E-state index contributed by atoms with van der Waals surface area (Å²) < 4.78 is 0. The van der Waals surface area contributed by atoms with Gasteiger partial charge in [0.15, 0.2) is 0 Å². The molecule has 1 aromatic rings. The largest absolute Gasteiger partial charge is 0.478 e. The molecule has 1 saturated carbocycles. The number of hydrogen-bond donors (Lipinski definition) is 1. The van der Waals surface area contributed by atoms with Crippen molar-refractivity contribution in [2.24, 2.45) is 0 Å². The van der Waals surface area contributed by atoms with Crippen molar-refractivity contribution in [3.05, 3.63) is 35.7 Å². The van der Waals surface area contributed by atoms with Crippen LogP contribution in [0.15, 0.2) is 24.4 Å². The van der Waals surface area contributed by atoms with E-state index >= 15 is 0 Å². The lowest BCUT2D eigenvalue weighted by molar-refractivity contribution is -0.131. The molecule has 1 aliphatic rings. The van der Waals surface area contributed by atoms with Crippen molar-refractivity contribution >= 4 is 18.0 Å². The van der Waals surface area contributed by atoms with E-state index in [1.807, 2.05) is 6.07 Å². The van der Waals surface area contributed by atoms with Crippen molar-refractivity contribution in [3.63, 3.8) is 0 Å². The first-order chi connectivity index (χ1) is 10.1. The molecule has 0 aliphatic heterocycles. The van der Waals surface area contributed by atoms with E-state index in [0.29, 0.717) is 12.1 Å². The smallest absolute Gasteiger partial charge is 0.328 e. The molecule has 0 bridgehead atoms. The molecule has 6 nitrogen and oxygen atoms in total. The van der Waals surface area contributed by atoms with Gasteiger partial charge >= 0.3 is 5.97 Å². The number of carbonyl (C=O) groups is 2. The predicted molar refractivity (Wildman–Crippen MR) is 75.2 cm³/mol. The fourth-order valence-corrected chi connectivity index (χ4v) is 2.03.